The molecule has 2 atom stereocenters. The van der Waals surface area contributed by atoms with Gasteiger partial charge < -0.3 is 4.74 Å². The van der Waals surface area contributed by atoms with Crippen molar-refractivity contribution in [3.63, 3.8) is 0 Å². The molecule has 0 aromatic carbocycles. The molecule has 0 radical (unpaired) electrons. The Balaban J connectivity index is 4.73. The fraction of sp³-hybridized carbons (Fsp3) is 1.00. The van der Waals surface area contributed by atoms with Crippen LogP contribution in [-0.2, 0) is 4.74 Å². The van der Waals surface area contributed by atoms with Gasteiger partial charge in [-0.15, -0.1) is 0 Å². The van der Waals surface area contributed by atoms with E-state index in [1.807, 2.05) is 0 Å². The molecule has 0 amide bonds. The summed E-state index contributed by atoms with van der Waals surface area (Å²) in [6.07, 6.45) is 8.14. The maximum Gasteiger partial charge on any atom is 0.0581 e. The van der Waals surface area contributed by atoms with Crippen LogP contribution in [0.1, 0.15) is 108 Å². The number of hydrogen-bond donors (Lipinski definition) is 0. The third-order valence-electron chi connectivity index (χ3n) is 4.29. The Morgan fingerprint density at radius 1 is 0.609 bits per heavy atom. The Kier molecular flexibility index (Phi) is 10.0. The average molecular weight is 327 g/mol. The Morgan fingerprint density at radius 2 is 0.913 bits per heavy atom. The summed E-state index contributed by atoms with van der Waals surface area (Å²) in [4.78, 5) is 0. The summed E-state index contributed by atoms with van der Waals surface area (Å²) in [5.74, 6) is 1.42. The first kappa shape index (κ1) is 23.0. The minimum atomic E-state index is 0.400. The van der Waals surface area contributed by atoms with Crippen molar-refractivity contribution in [1.82, 2.24) is 0 Å². The lowest BCUT2D eigenvalue weighted by Gasteiger charge is -2.31. The molecule has 0 aromatic rings. The van der Waals surface area contributed by atoms with E-state index in [4.69, 9.17) is 4.74 Å². The molecule has 0 rings (SSSR count). The largest absolute Gasteiger partial charge is 0.375 e. The molecule has 23 heavy (non-hydrogen) atoms. The van der Waals surface area contributed by atoms with E-state index in [1.54, 1.807) is 0 Å². The molecule has 0 aliphatic heterocycles. The van der Waals surface area contributed by atoms with Crippen LogP contribution in [0.25, 0.3) is 0 Å². The van der Waals surface area contributed by atoms with E-state index in [0.717, 1.165) is 0 Å². The molecule has 0 heterocycles. The van der Waals surface area contributed by atoms with Gasteiger partial charge in [-0.2, -0.15) is 0 Å². The maximum atomic E-state index is 6.66. The Hall–Kier alpha value is -0.0400. The average Bonchev–Trinajstić information content (AvgIpc) is 2.30. The van der Waals surface area contributed by atoms with Gasteiger partial charge in [0, 0.05) is 0 Å². The SMILES string of the molecule is CC(C)CC(CCC(C)(C)C)OC(CCC(C)(C)C)CC(C)C. The predicted octanol–water partition coefficient (Wildman–Crippen LogP) is 7.49. The van der Waals surface area contributed by atoms with Gasteiger partial charge in [-0.1, -0.05) is 69.2 Å². The van der Waals surface area contributed by atoms with E-state index in [0.29, 0.717) is 34.9 Å². The molecule has 0 saturated heterocycles. The number of hydrogen-bond acceptors (Lipinski definition) is 1. The third kappa shape index (κ3) is 15.2. The molecule has 0 N–H and O–H groups in total. The lowest BCUT2D eigenvalue weighted by Crippen LogP contribution is -2.27. The smallest absolute Gasteiger partial charge is 0.0581 e. The van der Waals surface area contributed by atoms with Crippen molar-refractivity contribution in [3.05, 3.63) is 0 Å². The number of rotatable bonds is 10. The summed E-state index contributed by atoms with van der Waals surface area (Å²) < 4.78 is 6.66. The molecule has 0 fully saturated rings. The lowest BCUT2D eigenvalue weighted by atomic mass is 9.86. The zero-order chi connectivity index (χ0) is 18.3. The molecular weight excluding hydrogens is 280 g/mol. The summed E-state index contributed by atoms with van der Waals surface area (Å²) in [5, 5.41) is 0. The van der Waals surface area contributed by atoms with Gasteiger partial charge in [0.15, 0.2) is 0 Å². The van der Waals surface area contributed by atoms with Gasteiger partial charge in [0.05, 0.1) is 12.2 Å². The van der Waals surface area contributed by atoms with Gasteiger partial charge in [-0.05, 0) is 61.2 Å². The summed E-state index contributed by atoms with van der Waals surface area (Å²) in [7, 11) is 0. The van der Waals surface area contributed by atoms with Crippen molar-refractivity contribution in [2.45, 2.75) is 120 Å². The van der Waals surface area contributed by atoms with Gasteiger partial charge in [0.25, 0.3) is 0 Å². The van der Waals surface area contributed by atoms with Gasteiger partial charge >= 0.3 is 0 Å². The van der Waals surface area contributed by atoms with E-state index in [2.05, 4.69) is 69.2 Å². The highest BCUT2D eigenvalue weighted by Gasteiger charge is 2.23. The van der Waals surface area contributed by atoms with Crippen LogP contribution in [0.4, 0.5) is 0 Å². The predicted molar refractivity (Wildman–Crippen MR) is 105 cm³/mol. The molecule has 0 aromatic heterocycles. The van der Waals surface area contributed by atoms with Crippen molar-refractivity contribution in [2.24, 2.45) is 22.7 Å². The van der Waals surface area contributed by atoms with Gasteiger partial charge in [0.2, 0.25) is 0 Å². The van der Waals surface area contributed by atoms with Crippen LogP contribution in [0.2, 0.25) is 0 Å². The first-order chi connectivity index (χ1) is 10.3. The van der Waals surface area contributed by atoms with Crippen LogP contribution in [0.5, 0.6) is 0 Å². The van der Waals surface area contributed by atoms with Crippen molar-refractivity contribution in [2.75, 3.05) is 0 Å². The second kappa shape index (κ2) is 10.1. The third-order valence-corrected chi connectivity index (χ3v) is 4.29. The minimum Gasteiger partial charge on any atom is -0.375 e. The zero-order valence-corrected chi connectivity index (χ0v) is 18.0. The van der Waals surface area contributed by atoms with E-state index in [-0.39, 0.29) is 0 Å². The van der Waals surface area contributed by atoms with Crippen LogP contribution in [0.3, 0.4) is 0 Å². The van der Waals surface area contributed by atoms with Gasteiger partial charge in [0.1, 0.15) is 0 Å². The molecule has 1 nitrogen and oxygen atoms in total. The fourth-order valence-corrected chi connectivity index (χ4v) is 2.99. The summed E-state index contributed by atoms with van der Waals surface area (Å²) in [6.45, 7) is 23.3. The lowest BCUT2D eigenvalue weighted by molar-refractivity contribution is -0.0464. The minimum absolute atomic E-state index is 0.400. The summed E-state index contributed by atoms with van der Waals surface area (Å²) in [5.41, 5.74) is 0.801. The molecule has 0 spiro atoms. The molecule has 0 aliphatic carbocycles. The van der Waals surface area contributed by atoms with E-state index in [9.17, 15) is 0 Å². The van der Waals surface area contributed by atoms with Gasteiger partial charge in [-0.25, -0.2) is 0 Å². The van der Waals surface area contributed by atoms with Crippen molar-refractivity contribution in [3.8, 4) is 0 Å². The Morgan fingerprint density at radius 3 is 1.13 bits per heavy atom. The summed E-state index contributed by atoms with van der Waals surface area (Å²) in [6, 6.07) is 0. The zero-order valence-electron chi connectivity index (χ0n) is 18.0. The highest BCUT2D eigenvalue weighted by Crippen LogP contribution is 2.29. The van der Waals surface area contributed by atoms with Crippen LogP contribution in [-0.4, -0.2) is 12.2 Å². The first-order valence-electron chi connectivity index (χ1n) is 9.94. The molecule has 0 aliphatic rings. The quantitative estimate of drug-likeness (QED) is 0.404. The fourth-order valence-electron chi connectivity index (χ4n) is 2.99. The van der Waals surface area contributed by atoms with E-state index >= 15 is 0 Å². The first-order valence-corrected chi connectivity index (χ1v) is 9.94. The molecule has 140 valence electrons. The monoisotopic (exact) mass is 326 g/mol. The molecule has 1 heteroatoms. The van der Waals surface area contributed by atoms with Crippen molar-refractivity contribution in [1.29, 1.82) is 0 Å². The maximum absolute atomic E-state index is 6.66. The van der Waals surface area contributed by atoms with Crippen LogP contribution in [0.15, 0.2) is 0 Å². The van der Waals surface area contributed by atoms with Crippen LogP contribution >= 0.6 is 0 Å². The Labute approximate surface area is 148 Å². The molecular formula is C22H46O. The highest BCUT2D eigenvalue weighted by atomic mass is 16.5. The normalized spacial score (nSPS) is 16.2. The van der Waals surface area contributed by atoms with Gasteiger partial charge in [-0.3, -0.25) is 0 Å². The Bertz CT molecular complexity index is 260. The summed E-state index contributed by atoms with van der Waals surface area (Å²) >= 11 is 0. The van der Waals surface area contributed by atoms with Crippen LogP contribution in [0, 0.1) is 22.7 Å². The molecule has 0 saturated carbocycles. The second-order valence-electron chi connectivity index (χ2n) is 10.8. The van der Waals surface area contributed by atoms with Crippen LogP contribution < -0.4 is 0 Å². The van der Waals surface area contributed by atoms with Crippen molar-refractivity contribution < 1.29 is 4.74 Å². The molecule has 0 bridgehead atoms. The number of ether oxygens (including phenoxy) is 1. The van der Waals surface area contributed by atoms with E-state index in [1.165, 1.54) is 38.5 Å². The molecule has 2 unspecified atom stereocenters. The second-order valence-corrected chi connectivity index (χ2v) is 10.8. The van der Waals surface area contributed by atoms with E-state index < -0.39 is 0 Å². The topological polar surface area (TPSA) is 9.23 Å². The highest BCUT2D eigenvalue weighted by molar-refractivity contribution is 4.73. The van der Waals surface area contributed by atoms with Crippen molar-refractivity contribution >= 4 is 0 Å². The standard InChI is InChI=1S/C22H46O/c1-17(2)15-19(11-13-21(5,6)7)23-20(16-18(3)4)12-14-22(8,9)10/h17-20H,11-16H2,1-10H3.